The number of halogens is 2. The van der Waals surface area contributed by atoms with Crippen molar-refractivity contribution in [2.75, 3.05) is 13.1 Å². The lowest BCUT2D eigenvalue weighted by Crippen LogP contribution is -2.47. The van der Waals surface area contributed by atoms with Crippen molar-refractivity contribution in [1.29, 1.82) is 0 Å². The normalized spacial score (nSPS) is 17.5. The number of ether oxygens (including phenoxy) is 1. The minimum absolute atomic E-state index is 0.175. The van der Waals surface area contributed by atoms with E-state index in [9.17, 15) is 9.59 Å². The van der Waals surface area contributed by atoms with Gasteiger partial charge in [0.1, 0.15) is 11.6 Å². The molecule has 1 unspecified atom stereocenters. The Kier molecular flexibility index (Phi) is 6.58. The van der Waals surface area contributed by atoms with Crippen LogP contribution < -0.4 is 5.32 Å². The van der Waals surface area contributed by atoms with Gasteiger partial charge >= 0.3 is 6.09 Å². The third-order valence-corrected chi connectivity index (χ3v) is 4.63. The topological polar surface area (TPSA) is 58.6 Å². The number of amides is 2. The van der Waals surface area contributed by atoms with Gasteiger partial charge in [0.15, 0.2) is 0 Å². The van der Waals surface area contributed by atoms with Crippen molar-refractivity contribution >= 4 is 35.2 Å². The molecule has 0 spiro atoms. The van der Waals surface area contributed by atoms with Crippen LogP contribution in [0.25, 0.3) is 0 Å². The van der Waals surface area contributed by atoms with Crippen molar-refractivity contribution < 1.29 is 14.3 Å². The molecule has 0 radical (unpaired) electrons. The maximum atomic E-state index is 12.5. The molecule has 0 saturated carbocycles. The molecular formula is C18H24Cl2N2O3. The van der Waals surface area contributed by atoms with Gasteiger partial charge in [-0.1, -0.05) is 29.3 Å². The molecule has 1 fully saturated rings. The van der Waals surface area contributed by atoms with Gasteiger partial charge in [-0.3, -0.25) is 9.69 Å². The zero-order chi connectivity index (χ0) is 18.6. The second-order valence-corrected chi connectivity index (χ2v) is 7.89. The van der Waals surface area contributed by atoms with Crippen LogP contribution in [0.5, 0.6) is 0 Å². The zero-order valence-corrected chi connectivity index (χ0v) is 16.3. The predicted molar refractivity (Wildman–Crippen MR) is 99.1 cm³/mol. The lowest BCUT2D eigenvalue weighted by atomic mass is 10.1. The van der Waals surface area contributed by atoms with Crippen molar-refractivity contribution in [3.05, 3.63) is 33.8 Å². The average molecular weight is 387 g/mol. The number of carbonyl (C=O) groups is 2. The van der Waals surface area contributed by atoms with Crippen molar-refractivity contribution in [3.8, 4) is 0 Å². The maximum absolute atomic E-state index is 12.5. The summed E-state index contributed by atoms with van der Waals surface area (Å²) in [7, 11) is 0. The quantitative estimate of drug-likeness (QED) is 0.848. The molecule has 1 aliphatic rings. The second-order valence-electron chi connectivity index (χ2n) is 7.07. The van der Waals surface area contributed by atoms with Crippen LogP contribution >= 0.6 is 23.2 Å². The SMILES string of the molecule is CC(C)(C)OC(=O)N1CCCC1C(=O)NCCc1c(Cl)cccc1Cl. The molecule has 2 rings (SSSR count). The first-order valence-electron chi connectivity index (χ1n) is 8.39. The summed E-state index contributed by atoms with van der Waals surface area (Å²) in [4.78, 5) is 26.2. The fourth-order valence-electron chi connectivity index (χ4n) is 2.78. The Balaban J connectivity index is 1.90. The van der Waals surface area contributed by atoms with Crippen LogP contribution in [0.15, 0.2) is 18.2 Å². The van der Waals surface area contributed by atoms with E-state index in [1.807, 2.05) is 20.8 Å². The minimum Gasteiger partial charge on any atom is -0.444 e. The highest BCUT2D eigenvalue weighted by Gasteiger charge is 2.36. The Morgan fingerprint density at radius 3 is 2.52 bits per heavy atom. The fraction of sp³-hybridized carbons (Fsp3) is 0.556. The van der Waals surface area contributed by atoms with E-state index in [-0.39, 0.29) is 5.91 Å². The van der Waals surface area contributed by atoms with Gasteiger partial charge < -0.3 is 10.1 Å². The van der Waals surface area contributed by atoms with Crippen LogP contribution in [-0.2, 0) is 16.0 Å². The first kappa shape index (κ1) is 19.9. The summed E-state index contributed by atoms with van der Waals surface area (Å²) in [5, 5.41) is 4.03. The summed E-state index contributed by atoms with van der Waals surface area (Å²) in [6.45, 7) is 6.36. The molecule has 0 aliphatic carbocycles. The number of nitrogens with one attached hydrogen (secondary N) is 1. The van der Waals surface area contributed by atoms with Gasteiger partial charge in [0.05, 0.1) is 0 Å². The molecule has 138 valence electrons. The van der Waals surface area contributed by atoms with E-state index in [4.69, 9.17) is 27.9 Å². The van der Waals surface area contributed by atoms with E-state index < -0.39 is 17.7 Å². The van der Waals surface area contributed by atoms with Crippen molar-refractivity contribution in [2.45, 2.75) is 51.7 Å². The van der Waals surface area contributed by atoms with Crippen LogP contribution in [0.4, 0.5) is 4.79 Å². The van der Waals surface area contributed by atoms with Crippen LogP contribution in [-0.4, -0.2) is 41.6 Å². The van der Waals surface area contributed by atoms with Crippen molar-refractivity contribution in [2.24, 2.45) is 0 Å². The summed E-state index contributed by atoms with van der Waals surface area (Å²) < 4.78 is 5.38. The van der Waals surface area contributed by atoms with Gasteiger partial charge in [-0.05, 0) is 57.7 Å². The Labute approximate surface area is 158 Å². The smallest absolute Gasteiger partial charge is 0.410 e. The third kappa shape index (κ3) is 5.51. The summed E-state index contributed by atoms with van der Waals surface area (Å²) in [5.41, 5.74) is 0.225. The molecule has 0 bridgehead atoms. The van der Waals surface area contributed by atoms with E-state index in [2.05, 4.69) is 5.32 Å². The predicted octanol–water partition coefficient (Wildman–Crippen LogP) is 4.05. The van der Waals surface area contributed by atoms with Crippen LogP contribution in [0.3, 0.4) is 0 Å². The lowest BCUT2D eigenvalue weighted by molar-refractivity contribution is -0.125. The molecule has 1 aliphatic heterocycles. The molecule has 1 aromatic carbocycles. The zero-order valence-electron chi connectivity index (χ0n) is 14.8. The van der Waals surface area contributed by atoms with Crippen LogP contribution in [0.1, 0.15) is 39.2 Å². The van der Waals surface area contributed by atoms with Gasteiger partial charge in [0.2, 0.25) is 5.91 Å². The van der Waals surface area contributed by atoms with Gasteiger partial charge in [-0.2, -0.15) is 0 Å². The summed E-state index contributed by atoms with van der Waals surface area (Å²) in [6.07, 6.45) is 1.51. The molecule has 1 N–H and O–H groups in total. The third-order valence-electron chi connectivity index (χ3n) is 3.92. The molecule has 1 atom stereocenters. The second kappa shape index (κ2) is 8.28. The molecule has 1 saturated heterocycles. The van der Waals surface area contributed by atoms with Gasteiger partial charge in [0.25, 0.3) is 0 Å². The highest BCUT2D eigenvalue weighted by molar-refractivity contribution is 6.36. The number of hydrogen-bond donors (Lipinski definition) is 1. The van der Waals surface area contributed by atoms with Gasteiger partial charge in [0, 0.05) is 23.1 Å². The summed E-state index contributed by atoms with van der Waals surface area (Å²) in [6, 6.07) is 4.83. The number of nitrogens with zero attached hydrogens (tertiary/aromatic N) is 1. The molecular weight excluding hydrogens is 363 g/mol. The van der Waals surface area contributed by atoms with Crippen molar-refractivity contribution in [1.82, 2.24) is 10.2 Å². The first-order chi connectivity index (χ1) is 11.7. The Morgan fingerprint density at radius 2 is 1.92 bits per heavy atom. The maximum Gasteiger partial charge on any atom is 0.410 e. The molecule has 25 heavy (non-hydrogen) atoms. The first-order valence-corrected chi connectivity index (χ1v) is 9.15. The fourth-order valence-corrected chi connectivity index (χ4v) is 3.36. The van der Waals surface area contributed by atoms with E-state index in [1.54, 1.807) is 18.2 Å². The Hall–Kier alpha value is -1.46. The summed E-state index contributed by atoms with van der Waals surface area (Å²) >= 11 is 12.3. The van der Waals surface area contributed by atoms with E-state index in [0.717, 1.165) is 12.0 Å². The van der Waals surface area contributed by atoms with Crippen LogP contribution in [0, 0.1) is 0 Å². The number of carbonyl (C=O) groups excluding carboxylic acids is 2. The Bertz CT molecular complexity index is 623. The van der Waals surface area contributed by atoms with E-state index in [1.165, 1.54) is 4.90 Å². The van der Waals surface area contributed by atoms with Gasteiger partial charge in [-0.25, -0.2) is 4.79 Å². The lowest BCUT2D eigenvalue weighted by Gasteiger charge is -2.28. The van der Waals surface area contributed by atoms with Crippen LogP contribution in [0.2, 0.25) is 10.0 Å². The number of benzene rings is 1. The minimum atomic E-state index is -0.582. The molecule has 5 nitrogen and oxygen atoms in total. The average Bonchev–Trinajstić information content (AvgIpc) is 2.98. The Morgan fingerprint density at radius 1 is 1.28 bits per heavy atom. The number of rotatable bonds is 4. The molecule has 7 heteroatoms. The highest BCUT2D eigenvalue weighted by Crippen LogP contribution is 2.25. The van der Waals surface area contributed by atoms with E-state index >= 15 is 0 Å². The number of likely N-dealkylation sites (tertiary alicyclic amines) is 1. The molecule has 2 amide bonds. The van der Waals surface area contributed by atoms with Crippen molar-refractivity contribution in [3.63, 3.8) is 0 Å². The molecule has 0 aromatic heterocycles. The molecule has 1 aromatic rings. The standard InChI is InChI=1S/C18H24Cl2N2O3/c1-18(2,3)25-17(24)22-11-5-8-15(22)16(23)21-10-9-12-13(19)6-4-7-14(12)20/h4,6-7,15H,5,8-11H2,1-3H3,(H,21,23). The highest BCUT2D eigenvalue weighted by atomic mass is 35.5. The van der Waals surface area contributed by atoms with E-state index in [0.29, 0.717) is 36.0 Å². The monoisotopic (exact) mass is 386 g/mol. The summed E-state index contributed by atoms with van der Waals surface area (Å²) in [5.74, 6) is -0.175. The number of hydrogen-bond acceptors (Lipinski definition) is 3. The largest absolute Gasteiger partial charge is 0.444 e. The molecule has 1 heterocycles. The van der Waals surface area contributed by atoms with Gasteiger partial charge in [-0.15, -0.1) is 0 Å².